The summed E-state index contributed by atoms with van der Waals surface area (Å²) in [5.74, 6) is -0.370. The molecule has 0 radical (unpaired) electrons. The smallest absolute Gasteiger partial charge is 0.241 e. The van der Waals surface area contributed by atoms with Crippen LogP contribution in [0, 0.1) is 6.92 Å². The van der Waals surface area contributed by atoms with Crippen molar-refractivity contribution in [2.75, 3.05) is 17.1 Å². The minimum absolute atomic E-state index is 0.266. The molecular formula is C21H24N4O3S. The molecule has 7 nitrogen and oxygen atoms in total. The SMILES string of the molecule is Cc1ccccc1N(CC(=O)N[C@H](C)c1ccc(-n2ccnc2)cc1)S(C)(=O)=O. The molecule has 0 unspecified atom stereocenters. The van der Waals surface area contributed by atoms with Gasteiger partial charge in [-0.25, -0.2) is 13.4 Å². The molecule has 3 rings (SSSR count). The molecule has 152 valence electrons. The highest BCUT2D eigenvalue weighted by molar-refractivity contribution is 7.92. The largest absolute Gasteiger partial charge is 0.348 e. The van der Waals surface area contributed by atoms with Gasteiger partial charge in [0.25, 0.3) is 0 Å². The molecule has 0 saturated heterocycles. The number of para-hydroxylation sites is 1. The number of benzene rings is 2. The van der Waals surface area contributed by atoms with Crippen LogP contribution in [0.3, 0.4) is 0 Å². The van der Waals surface area contributed by atoms with Gasteiger partial charge >= 0.3 is 0 Å². The second kappa shape index (κ2) is 8.48. The van der Waals surface area contributed by atoms with E-state index < -0.39 is 10.0 Å². The van der Waals surface area contributed by atoms with E-state index >= 15 is 0 Å². The lowest BCUT2D eigenvalue weighted by atomic mass is 10.1. The van der Waals surface area contributed by atoms with Gasteiger partial charge in [-0.15, -0.1) is 0 Å². The third-order valence-corrected chi connectivity index (χ3v) is 5.77. The summed E-state index contributed by atoms with van der Waals surface area (Å²) in [6.45, 7) is 3.40. The van der Waals surface area contributed by atoms with Crippen LogP contribution in [0.2, 0.25) is 0 Å². The van der Waals surface area contributed by atoms with Crippen molar-refractivity contribution in [1.29, 1.82) is 0 Å². The molecule has 2 aromatic carbocycles. The third kappa shape index (κ3) is 5.03. The van der Waals surface area contributed by atoms with Crippen molar-refractivity contribution >= 4 is 21.6 Å². The van der Waals surface area contributed by atoms with Crippen molar-refractivity contribution in [3.63, 3.8) is 0 Å². The van der Waals surface area contributed by atoms with E-state index in [1.807, 2.05) is 61.0 Å². The van der Waals surface area contributed by atoms with Gasteiger partial charge in [0.05, 0.1) is 24.3 Å². The Morgan fingerprint density at radius 2 is 1.86 bits per heavy atom. The second-order valence-corrected chi connectivity index (χ2v) is 8.81. The number of aryl methyl sites for hydroxylation is 1. The lowest BCUT2D eigenvalue weighted by Gasteiger charge is -2.24. The maximum Gasteiger partial charge on any atom is 0.241 e. The normalized spacial score (nSPS) is 12.4. The first kappa shape index (κ1) is 20.6. The first-order valence-electron chi connectivity index (χ1n) is 9.16. The van der Waals surface area contributed by atoms with E-state index in [1.165, 1.54) is 0 Å². The van der Waals surface area contributed by atoms with Crippen LogP contribution in [0.15, 0.2) is 67.3 Å². The van der Waals surface area contributed by atoms with Gasteiger partial charge in [-0.1, -0.05) is 30.3 Å². The Kier molecular flexibility index (Phi) is 6.03. The highest BCUT2D eigenvalue weighted by atomic mass is 32.2. The van der Waals surface area contributed by atoms with Crippen molar-refractivity contribution in [2.45, 2.75) is 19.9 Å². The van der Waals surface area contributed by atoms with Crippen LogP contribution in [0.1, 0.15) is 24.1 Å². The third-order valence-electron chi connectivity index (χ3n) is 4.64. The number of carbonyl (C=O) groups excluding carboxylic acids is 1. The van der Waals surface area contributed by atoms with Gasteiger partial charge in [0.2, 0.25) is 15.9 Å². The van der Waals surface area contributed by atoms with Crippen LogP contribution < -0.4 is 9.62 Å². The molecule has 1 N–H and O–H groups in total. The number of rotatable bonds is 7. The Bertz CT molecular complexity index is 1080. The summed E-state index contributed by atoms with van der Waals surface area (Å²) in [6.07, 6.45) is 6.38. The first-order chi connectivity index (χ1) is 13.8. The van der Waals surface area contributed by atoms with Crippen molar-refractivity contribution < 1.29 is 13.2 Å². The van der Waals surface area contributed by atoms with Gasteiger partial charge in [0, 0.05) is 18.1 Å². The second-order valence-electron chi connectivity index (χ2n) is 6.91. The summed E-state index contributed by atoms with van der Waals surface area (Å²) in [5, 5.41) is 2.88. The Balaban J connectivity index is 1.70. The van der Waals surface area contributed by atoms with Crippen LogP contribution in [0.4, 0.5) is 5.69 Å². The average molecular weight is 413 g/mol. The van der Waals surface area contributed by atoms with Gasteiger partial charge in [-0.05, 0) is 43.2 Å². The number of hydrogen-bond donors (Lipinski definition) is 1. The number of amides is 1. The topological polar surface area (TPSA) is 84.3 Å². The van der Waals surface area contributed by atoms with Gasteiger partial charge in [0.1, 0.15) is 6.54 Å². The molecule has 1 aromatic heterocycles. The van der Waals surface area contributed by atoms with Crippen LogP contribution in [-0.4, -0.2) is 36.7 Å². The Morgan fingerprint density at radius 3 is 2.45 bits per heavy atom. The molecule has 0 aliphatic carbocycles. The molecule has 1 heterocycles. The minimum Gasteiger partial charge on any atom is -0.348 e. The molecule has 8 heteroatoms. The average Bonchev–Trinajstić information content (AvgIpc) is 3.21. The molecular weight excluding hydrogens is 388 g/mol. The monoisotopic (exact) mass is 412 g/mol. The van der Waals surface area contributed by atoms with Gasteiger partial charge in [-0.3, -0.25) is 9.10 Å². The molecule has 1 atom stereocenters. The number of aromatic nitrogens is 2. The molecule has 29 heavy (non-hydrogen) atoms. The predicted octanol–water partition coefficient (Wildman–Crippen LogP) is 2.82. The van der Waals surface area contributed by atoms with E-state index in [-0.39, 0.29) is 18.5 Å². The van der Waals surface area contributed by atoms with Crippen molar-refractivity contribution in [1.82, 2.24) is 14.9 Å². The summed E-state index contributed by atoms with van der Waals surface area (Å²) in [7, 11) is -3.60. The van der Waals surface area contributed by atoms with E-state index in [4.69, 9.17) is 0 Å². The first-order valence-corrected chi connectivity index (χ1v) is 11.0. The highest BCUT2D eigenvalue weighted by Gasteiger charge is 2.23. The lowest BCUT2D eigenvalue weighted by molar-refractivity contribution is -0.120. The number of anilines is 1. The summed E-state index contributed by atoms with van der Waals surface area (Å²) in [5.41, 5.74) is 3.17. The van der Waals surface area contributed by atoms with Gasteiger partial charge < -0.3 is 9.88 Å². The quantitative estimate of drug-likeness (QED) is 0.647. The van der Waals surface area contributed by atoms with Crippen LogP contribution in [0.25, 0.3) is 5.69 Å². The summed E-state index contributed by atoms with van der Waals surface area (Å²) >= 11 is 0. The predicted molar refractivity (Wildman–Crippen MR) is 113 cm³/mol. The Morgan fingerprint density at radius 1 is 1.17 bits per heavy atom. The highest BCUT2D eigenvalue weighted by Crippen LogP contribution is 2.22. The molecule has 0 fully saturated rings. The van der Waals surface area contributed by atoms with Crippen LogP contribution in [-0.2, 0) is 14.8 Å². The molecule has 0 bridgehead atoms. The molecule has 1 amide bonds. The standard InChI is InChI=1S/C21H24N4O3S/c1-16-6-4-5-7-20(16)25(29(3,27)28)14-21(26)23-17(2)18-8-10-19(11-9-18)24-13-12-22-15-24/h4-13,15,17H,14H2,1-3H3,(H,23,26)/t17-/m1/s1. The van der Waals surface area contributed by atoms with E-state index in [2.05, 4.69) is 10.3 Å². The number of nitrogens with zero attached hydrogens (tertiary/aromatic N) is 3. The van der Waals surface area contributed by atoms with E-state index in [9.17, 15) is 13.2 Å². The molecule has 0 spiro atoms. The van der Waals surface area contributed by atoms with E-state index in [0.717, 1.165) is 27.4 Å². The Labute approximate surface area is 171 Å². The molecule has 0 saturated carbocycles. The molecule has 3 aromatic rings. The maximum absolute atomic E-state index is 12.6. The number of imidazole rings is 1. The summed E-state index contributed by atoms with van der Waals surface area (Å²) in [4.78, 5) is 16.6. The number of sulfonamides is 1. The minimum atomic E-state index is -3.60. The fourth-order valence-corrected chi connectivity index (χ4v) is 3.99. The molecule has 0 aliphatic rings. The van der Waals surface area contributed by atoms with E-state index in [0.29, 0.717) is 5.69 Å². The summed E-state index contributed by atoms with van der Waals surface area (Å²) < 4.78 is 27.5. The summed E-state index contributed by atoms with van der Waals surface area (Å²) in [6, 6.07) is 14.6. The number of carbonyl (C=O) groups is 1. The van der Waals surface area contributed by atoms with Crippen molar-refractivity contribution in [3.05, 3.63) is 78.4 Å². The number of nitrogens with one attached hydrogen (secondary N) is 1. The van der Waals surface area contributed by atoms with E-state index in [1.54, 1.807) is 24.7 Å². The maximum atomic E-state index is 12.6. The number of hydrogen-bond acceptors (Lipinski definition) is 4. The van der Waals surface area contributed by atoms with Crippen LogP contribution in [0.5, 0.6) is 0 Å². The zero-order chi connectivity index (χ0) is 21.0. The van der Waals surface area contributed by atoms with Crippen LogP contribution >= 0.6 is 0 Å². The van der Waals surface area contributed by atoms with Crippen molar-refractivity contribution in [3.8, 4) is 5.69 Å². The van der Waals surface area contributed by atoms with Crippen molar-refractivity contribution in [2.24, 2.45) is 0 Å². The zero-order valence-electron chi connectivity index (χ0n) is 16.6. The van der Waals surface area contributed by atoms with Gasteiger partial charge in [-0.2, -0.15) is 0 Å². The Hall–Kier alpha value is -3.13. The zero-order valence-corrected chi connectivity index (χ0v) is 17.4. The lowest BCUT2D eigenvalue weighted by Crippen LogP contribution is -2.41. The fourth-order valence-electron chi connectivity index (χ4n) is 3.07. The molecule has 0 aliphatic heterocycles. The van der Waals surface area contributed by atoms with Gasteiger partial charge in [0.15, 0.2) is 0 Å². The fraction of sp³-hybridized carbons (Fsp3) is 0.238.